The molecule has 1 heterocycles. The van der Waals surface area contributed by atoms with E-state index in [1.165, 1.54) is 0 Å². The van der Waals surface area contributed by atoms with Crippen LogP contribution in [-0.4, -0.2) is 41.0 Å². The van der Waals surface area contributed by atoms with E-state index >= 15 is 0 Å². The van der Waals surface area contributed by atoms with Crippen molar-refractivity contribution in [2.24, 2.45) is 0 Å². The second-order valence-corrected chi connectivity index (χ2v) is 4.09. The Balaban J connectivity index is 2.02. The van der Waals surface area contributed by atoms with Crippen LogP contribution in [0, 0.1) is 0 Å². The Labute approximate surface area is 78.7 Å². The Morgan fingerprint density at radius 1 is 1.38 bits per heavy atom. The highest BCUT2D eigenvalue weighted by Crippen LogP contribution is 2.27. The highest BCUT2D eigenvalue weighted by molar-refractivity contribution is 5.85. The molecule has 0 bridgehead atoms. The van der Waals surface area contributed by atoms with E-state index in [1.807, 2.05) is 0 Å². The molecule has 2 atom stereocenters. The minimum Gasteiger partial charge on any atom is -0.395 e. The van der Waals surface area contributed by atoms with Crippen LogP contribution in [-0.2, 0) is 4.79 Å². The molecule has 2 aliphatic rings. The van der Waals surface area contributed by atoms with Gasteiger partial charge in [0.15, 0.2) is 0 Å². The molecular weight excluding hydrogens is 166 g/mol. The zero-order valence-corrected chi connectivity index (χ0v) is 7.91. The summed E-state index contributed by atoms with van der Waals surface area (Å²) in [4.78, 5) is 13.7. The lowest BCUT2D eigenvalue weighted by Crippen LogP contribution is -2.43. The predicted octanol–water partition coefficient (Wildman–Crippen LogP) is 0.565. The van der Waals surface area contributed by atoms with Crippen molar-refractivity contribution in [1.82, 2.24) is 4.90 Å². The number of rotatable bonds is 2. The highest BCUT2D eigenvalue weighted by Gasteiger charge is 2.36. The fraction of sp³-hybridized carbons (Fsp3) is 0.900. The standard InChI is InChI=1S/C10H17NO2/c12-7-8-3-2-6-11(8)9-4-1-5-10(9)13/h8-9,12H,1-7H2/t8-,9?/m1/s1. The maximum atomic E-state index is 11.5. The van der Waals surface area contributed by atoms with Crippen LogP contribution in [0.5, 0.6) is 0 Å². The Bertz CT molecular complexity index is 205. The molecule has 1 N–H and O–H groups in total. The fourth-order valence-corrected chi connectivity index (χ4v) is 2.61. The van der Waals surface area contributed by atoms with Gasteiger partial charge in [0, 0.05) is 12.5 Å². The van der Waals surface area contributed by atoms with Gasteiger partial charge < -0.3 is 5.11 Å². The van der Waals surface area contributed by atoms with Gasteiger partial charge in [0.2, 0.25) is 0 Å². The molecule has 0 radical (unpaired) electrons. The number of nitrogens with zero attached hydrogens (tertiary/aromatic N) is 1. The van der Waals surface area contributed by atoms with Crippen molar-refractivity contribution in [3.8, 4) is 0 Å². The Morgan fingerprint density at radius 3 is 2.85 bits per heavy atom. The highest BCUT2D eigenvalue weighted by atomic mass is 16.3. The molecule has 1 saturated carbocycles. The quantitative estimate of drug-likeness (QED) is 0.680. The van der Waals surface area contributed by atoms with Crippen LogP contribution in [0.4, 0.5) is 0 Å². The van der Waals surface area contributed by atoms with Gasteiger partial charge in [0.05, 0.1) is 12.6 Å². The molecule has 0 amide bonds. The molecule has 1 aliphatic heterocycles. The summed E-state index contributed by atoms with van der Waals surface area (Å²) in [5.41, 5.74) is 0. The lowest BCUT2D eigenvalue weighted by atomic mass is 10.1. The fourth-order valence-electron chi connectivity index (χ4n) is 2.61. The van der Waals surface area contributed by atoms with Gasteiger partial charge in [-0.2, -0.15) is 0 Å². The minimum absolute atomic E-state index is 0.139. The third kappa shape index (κ3) is 1.63. The van der Waals surface area contributed by atoms with Crippen LogP contribution in [0.25, 0.3) is 0 Å². The molecule has 0 aromatic carbocycles. The van der Waals surface area contributed by atoms with E-state index in [0.29, 0.717) is 5.78 Å². The van der Waals surface area contributed by atoms with Crippen LogP contribution >= 0.6 is 0 Å². The first-order valence-electron chi connectivity index (χ1n) is 5.22. The van der Waals surface area contributed by atoms with Gasteiger partial charge in [-0.3, -0.25) is 9.69 Å². The van der Waals surface area contributed by atoms with E-state index < -0.39 is 0 Å². The first kappa shape index (κ1) is 9.16. The molecule has 2 rings (SSSR count). The summed E-state index contributed by atoms with van der Waals surface area (Å²) in [5.74, 6) is 0.389. The lowest BCUT2D eigenvalue weighted by Gasteiger charge is -2.27. The number of carbonyl (C=O) groups is 1. The smallest absolute Gasteiger partial charge is 0.149 e. The zero-order valence-electron chi connectivity index (χ0n) is 7.91. The van der Waals surface area contributed by atoms with Crippen LogP contribution in [0.2, 0.25) is 0 Å². The van der Waals surface area contributed by atoms with Crippen molar-refractivity contribution >= 4 is 5.78 Å². The zero-order chi connectivity index (χ0) is 9.26. The summed E-state index contributed by atoms with van der Waals surface area (Å²) < 4.78 is 0. The molecular formula is C10H17NO2. The monoisotopic (exact) mass is 183 g/mol. The Hall–Kier alpha value is -0.410. The first-order chi connectivity index (χ1) is 6.33. The van der Waals surface area contributed by atoms with E-state index in [2.05, 4.69) is 4.90 Å². The van der Waals surface area contributed by atoms with Gasteiger partial charge in [0.25, 0.3) is 0 Å². The molecule has 1 unspecified atom stereocenters. The summed E-state index contributed by atoms with van der Waals surface area (Å²) in [7, 11) is 0. The largest absolute Gasteiger partial charge is 0.395 e. The molecule has 74 valence electrons. The Kier molecular flexibility index (Phi) is 2.65. The number of aliphatic hydroxyl groups is 1. The predicted molar refractivity (Wildman–Crippen MR) is 49.5 cm³/mol. The molecule has 0 aromatic heterocycles. The topological polar surface area (TPSA) is 40.5 Å². The SMILES string of the molecule is O=C1CCCC1N1CCC[C@@H]1CO. The van der Waals surface area contributed by atoms with Crippen molar-refractivity contribution in [2.75, 3.05) is 13.2 Å². The number of ketones is 1. The van der Waals surface area contributed by atoms with Gasteiger partial charge in [-0.15, -0.1) is 0 Å². The van der Waals surface area contributed by atoms with E-state index in [9.17, 15) is 4.79 Å². The normalized spacial score (nSPS) is 35.9. The lowest BCUT2D eigenvalue weighted by molar-refractivity contribution is -0.122. The molecule has 0 aromatic rings. The van der Waals surface area contributed by atoms with Gasteiger partial charge in [-0.25, -0.2) is 0 Å². The van der Waals surface area contributed by atoms with Gasteiger partial charge in [-0.05, 0) is 32.2 Å². The second kappa shape index (κ2) is 3.76. The average Bonchev–Trinajstić information content (AvgIpc) is 2.71. The summed E-state index contributed by atoms with van der Waals surface area (Å²) in [5, 5.41) is 9.13. The van der Waals surface area contributed by atoms with Crippen molar-refractivity contribution in [1.29, 1.82) is 0 Å². The van der Waals surface area contributed by atoms with E-state index in [-0.39, 0.29) is 18.7 Å². The number of hydrogen-bond donors (Lipinski definition) is 1. The van der Waals surface area contributed by atoms with Gasteiger partial charge in [-0.1, -0.05) is 0 Å². The minimum atomic E-state index is 0.139. The van der Waals surface area contributed by atoms with Crippen molar-refractivity contribution in [3.63, 3.8) is 0 Å². The summed E-state index contributed by atoms with van der Waals surface area (Å²) in [6.07, 6.45) is 4.99. The number of hydrogen-bond acceptors (Lipinski definition) is 3. The summed E-state index contributed by atoms with van der Waals surface area (Å²) in [6.45, 7) is 1.21. The van der Waals surface area contributed by atoms with Crippen LogP contribution < -0.4 is 0 Å². The third-order valence-corrected chi connectivity index (χ3v) is 3.31. The van der Waals surface area contributed by atoms with E-state index in [4.69, 9.17) is 5.11 Å². The van der Waals surface area contributed by atoms with Gasteiger partial charge in [0.1, 0.15) is 5.78 Å². The number of carbonyl (C=O) groups excluding carboxylic acids is 1. The molecule has 3 nitrogen and oxygen atoms in total. The van der Waals surface area contributed by atoms with Crippen LogP contribution in [0.3, 0.4) is 0 Å². The molecule has 1 aliphatic carbocycles. The second-order valence-electron chi connectivity index (χ2n) is 4.09. The first-order valence-corrected chi connectivity index (χ1v) is 5.22. The maximum Gasteiger partial charge on any atom is 0.149 e. The molecule has 1 saturated heterocycles. The Morgan fingerprint density at radius 2 is 2.23 bits per heavy atom. The van der Waals surface area contributed by atoms with E-state index in [0.717, 1.165) is 38.6 Å². The van der Waals surface area contributed by atoms with Crippen molar-refractivity contribution in [2.45, 2.75) is 44.2 Å². The van der Waals surface area contributed by atoms with Crippen LogP contribution in [0.15, 0.2) is 0 Å². The molecule has 3 heteroatoms. The van der Waals surface area contributed by atoms with Crippen molar-refractivity contribution < 1.29 is 9.90 Å². The summed E-state index contributed by atoms with van der Waals surface area (Å²) in [6, 6.07) is 0.395. The van der Waals surface area contributed by atoms with Gasteiger partial charge >= 0.3 is 0 Å². The third-order valence-electron chi connectivity index (χ3n) is 3.31. The van der Waals surface area contributed by atoms with Crippen molar-refractivity contribution in [3.05, 3.63) is 0 Å². The molecule has 2 fully saturated rings. The number of aliphatic hydroxyl groups excluding tert-OH is 1. The number of likely N-dealkylation sites (tertiary alicyclic amines) is 1. The number of Topliss-reactive ketones (excluding diaryl/α,β-unsaturated/α-hetero) is 1. The van der Waals surface area contributed by atoms with E-state index in [1.54, 1.807) is 0 Å². The molecule has 0 spiro atoms. The van der Waals surface area contributed by atoms with Crippen LogP contribution in [0.1, 0.15) is 32.1 Å². The average molecular weight is 183 g/mol. The summed E-state index contributed by atoms with van der Waals surface area (Å²) >= 11 is 0. The maximum absolute atomic E-state index is 11.5. The molecule has 13 heavy (non-hydrogen) atoms.